The van der Waals surface area contributed by atoms with E-state index >= 15 is 0 Å². The molecule has 0 spiro atoms. The Balaban J connectivity index is 1.74. The number of benzene rings is 2. The summed E-state index contributed by atoms with van der Waals surface area (Å²) in [7, 11) is 0. The van der Waals surface area contributed by atoms with Gasteiger partial charge in [-0.05, 0) is 64.1 Å². The van der Waals surface area contributed by atoms with Gasteiger partial charge in [-0.1, -0.05) is 59.7 Å². The average Bonchev–Trinajstić information content (AvgIpc) is 2.74. The van der Waals surface area contributed by atoms with Crippen LogP contribution in [0.4, 0.5) is 0 Å². The van der Waals surface area contributed by atoms with E-state index in [1.54, 1.807) is 0 Å². The number of aromatic nitrogens is 2. The molecule has 4 aromatic rings. The molecule has 0 aliphatic heterocycles. The van der Waals surface area contributed by atoms with E-state index < -0.39 is 0 Å². The van der Waals surface area contributed by atoms with Crippen molar-refractivity contribution in [1.82, 2.24) is 9.97 Å². The zero-order valence-electron chi connectivity index (χ0n) is 17.5. The molecule has 0 fully saturated rings. The highest BCUT2D eigenvalue weighted by Gasteiger charge is 2.27. The van der Waals surface area contributed by atoms with Gasteiger partial charge in [0.05, 0.1) is 22.8 Å². The van der Waals surface area contributed by atoms with Gasteiger partial charge >= 0.3 is 0 Å². The summed E-state index contributed by atoms with van der Waals surface area (Å²) in [5, 5.41) is 0. The van der Waals surface area contributed by atoms with Crippen LogP contribution in [0.25, 0.3) is 22.5 Å². The molecule has 0 atom stereocenters. The first-order chi connectivity index (χ1) is 13.9. The first-order valence-corrected chi connectivity index (χ1v) is 10.0. The van der Waals surface area contributed by atoms with Gasteiger partial charge in [-0.2, -0.15) is 0 Å². The first kappa shape index (κ1) is 19.1. The van der Waals surface area contributed by atoms with E-state index in [1.165, 1.54) is 11.1 Å². The summed E-state index contributed by atoms with van der Waals surface area (Å²) in [5.41, 5.74) is 8.48. The van der Waals surface area contributed by atoms with Crippen LogP contribution >= 0.6 is 0 Å². The van der Waals surface area contributed by atoms with Crippen molar-refractivity contribution in [1.29, 1.82) is 0 Å². The zero-order chi connectivity index (χ0) is 20.4. The van der Waals surface area contributed by atoms with Crippen LogP contribution in [0.15, 0.2) is 84.9 Å². The summed E-state index contributed by atoms with van der Waals surface area (Å²) >= 11 is 0. The molecule has 2 aromatic heterocycles. The van der Waals surface area contributed by atoms with E-state index in [9.17, 15) is 0 Å². The third-order valence-corrected chi connectivity index (χ3v) is 5.41. The molecule has 2 heterocycles. The fourth-order valence-electron chi connectivity index (χ4n) is 3.63. The molecule has 0 bridgehead atoms. The fraction of sp³-hybridized carbons (Fsp3) is 0.185. The van der Waals surface area contributed by atoms with Gasteiger partial charge in [0.25, 0.3) is 0 Å². The molecule has 0 saturated heterocycles. The second-order valence-corrected chi connectivity index (χ2v) is 8.18. The maximum Gasteiger partial charge on any atom is 0.0705 e. The summed E-state index contributed by atoms with van der Waals surface area (Å²) in [4.78, 5) is 10.0. The number of nitrogens with zero attached hydrogens (tertiary/aromatic N) is 2. The lowest BCUT2D eigenvalue weighted by Crippen LogP contribution is -2.22. The van der Waals surface area contributed by atoms with Crippen LogP contribution in [-0.2, 0) is 5.41 Å². The van der Waals surface area contributed by atoms with Crippen LogP contribution in [0.5, 0.6) is 0 Å². The lowest BCUT2D eigenvalue weighted by molar-refractivity contribution is 0.597. The Bertz CT molecular complexity index is 1070. The molecular weight excluding hydrogens is 352 g/mol. The molecule has 2 aromatic carbocycles. The Labute approximate surface area is 173 Å². The molecule has 0 N–H and O–H groups in total. The third kappa shape index (κ3) is 3.97. The van der Waals surface area contributed by atoms with Crippen LogP contribution in [0.1, 0.15) is 36.4 Å². The van der Waals surface area contributed by atoms with Crippen molar-refractivity contribution in [3.05, 3.63) is 107 Å². The second kappa shape index (κ2) is 7.63. The van der Waals surface area contributed by atoms with E-state index in [1.807, 2.05) is 0 Å². The van der Waals surface area contributed by atoms with Crippen molar-refractivity contribution >= 4 is 0 Å². The van der Waals surface area contributed by atoms with Crippen molar-refractivity contribution in [2.45, 2.75) is 33.1 Å². The van der Waals surface area contributed by atoms with E-state index in [2.05, 4.69) is 113 Å². The Kier molecular flexibility index (Phi) is 5.02. The lowest BCUT2D eigenvalue weighted by Gasteiger charge is -2.25. The summed E-state index contributed by atoms with van der Waals surface area (Å²) in [6.45, 7) is 8.60. The average molecular weight is 379 g/mol. The van der Waals surface area contributed by atoms with Crippen molar-refractivity contribution in [2.24, 2.45) is 0 Å². The summed E-state index contributed by atoms with van der Waals surface area (Å²) in [5.74, 6) is 0. The molecule has 0 unspecified atom stereocenters. The van der Waals surface area contributed by atoms with Crippen LogP contribution in [0.2, 0.25) is 0 Å². The molecule has 0 aliphatic rings. The monoisotopic (exact) mass is 378 g/mol. The van der Waals surface area contributed by atoms with Gasteiger partial charge in [0.15, 0.2) is 0 Å². The highest BCUT2D eigenvalue weighted by Crippen LogP contribution is 2.32. The quantitative estimate of drug-likeness (QED) is 0.392. The Morgan fingerprint density at radius 2 is 0.966 bits per heavy atom. The predicted molar refractivity (Wildman–Crippen MR) is 121 cm³/mol. The normalized spacial score (nSPS) is 11.4. The number of aryl methyl sites for hydroxylation is 2. The minimum absolute atomic E-state index is 0.306. The molecule has 0 amide bonds. The molecule has 144 valence electrons. The molecular formula is C27H26N2. The van der Waals surface area contributed by atoms with Gasteiger partial charge in [-0.25, -0.2) is 0 Å². The Morgan fingerprint density at radius 3 is 1.38 bits per heavy atom. The highest BCUT2D eigenvalue weighted by molar-refractivity contribution is 5.62. The maximum atomic E-state index is 5.01. The molecule has 0 saturated carbocycles. The SMILES string of the molecule is Cc1cccc(-c2cccc(C(C)(C)c3cccc(-c4cccc(C)c4)n3)n2)c1. The highest BCUT2D eigenvalue weighted by atomic mass is 14.8. The molecule has 4 rings (SSSR count). The lowest BCUT2D eigenvalue weighted by atomic mass is 9.84. The van der Waals surface area contributed by atoms with Gasteiger partial charge in [-0.3, -0.25) is 9.97 Å². The summed E-state index contributed by atoms with van der Waals surface area (Å²) in [6, 6.07) is 29.5. The van der Waals surface area contributed by atoms with Crippen molar-refractivity contribution < 1.29 is 0 Å². The largest absolute Gasteiger partial charge is 0.252 e. The van der Waals surface area contributed by atoms with Crippen LogP contribution < -0.4 is 0 Å². The minimum Gasteiger partial charge on any atom is -0.252 e. The molecule has 29 heavy (non-hydrogen) atoms. The number of rotatable bonds is 4. The Hall–Kier alpha value is -3.26. The topological polar surface area (TPSA) is 25.8 Å². The van der Waals surface area contributed by atoms with Crippen molar-refractivity contribution in [3.8, 4) is 22.5 Å². The summed E-state index contributed by atoms with van der Waals surface area (Å²) in [6.07, 6.45) is 0. The molecule has 2 nitrogen and oxygen atoms in total. The smallest absolute Gasteiger partial charge is 0.0705 e. The van der Waals surface area contributed by atoms with E-state index in [0.717, 1.165) is 33.9 Å². The van der Waals surface area contributed by atoms with Crippen LogP contribution in [-0.4, -0.2) is 9.97 Å². The number of hydrogen-bond donors (Lipinski definition) is 0. The molecule has 2 heteroatoms. The van der Waals surface area contributed by atoms with Crippen LogP contribution in [0.3, 0.4) is 0 Å². The minimum atomic E-state index is -0.306. The predicted octanol–water partition coefficient (Wildman–Crippen LogP) is 6.75. The number of pyridine rings is 2. The molecule has 0 aliphatic carbocycles. The summed E-state index contributed by atoms with van der Waals surface area (Å²) < 4.78 is 0. The van der Waals surface area contributed by atoms with Crippen LogP contribution in [0, 0.1) is 13.8 Å². The first-order valence-electron chi connectivity index (χ1n) is 10.0. The standard InChI is InChI=1S/C27H26N2/c1-19-9-5-11-21(17-19)23-13-7-15-25(28-23)27(3,4)26-16-8-14-24(29-26)22-12-6-10-20(2)18-22/h5-18H,1-4H3. The van der Waals surface area contributed by atoms with Crippen molar-refractivity contribution in [2.75, 3.05) is 0 Å². The Morgan fingerprint density at radius 1 is 0.552 bits per heavy atom. The number of hydrogen-bond acceptors (Lipinski definition) is 2. The fourth-order valence-corrected chi connectivity index (χ4v) is 3.63. The van der Waals surface area contributed by atoms with Crippen molar-refractivity contribution in [3.63, 3.8) is 0 Å². The van der Waals surface area contributed by atoms with Gasteiger partial charge in [0.1, 0.15) is 0 Å². The van der Waals surface area contributed by atoms with Gasteiger partial charge in [0.2, 0.25) is 0 Å². The second-order valence-electron chi connectivity index (χ2n) is 8.18. The maximum absolute atomic E-state index is 5.01. The molecule has 0 radical (unpaired) electrons. The van der Waals surface area contributed by atoms with E-state index in [-0.39, 0.29) is 5.41 Å². The van der Waals surface area contributed by atoms with Gasteiger partial charge < -0.3 is 0 Å². The van der Waals surface area contributed by atoms with Gasteiger partial charge in [0, 0.05) is 16.5 Å². The zero-order valence-corrected chi connectivity index (χ0v) is 17.5. The van der Waals surface area contributed by atoms with E-state index in [4.69, 9.17) is 9.97 Å². The third-order valence-electron chi connectivity index (χ3n) is 5.41. The van der Waals surface area contributed by atoms with E-state index in [0.29, 0.717) is 0 Å². The van der Waals surface area contributed by atoms with Gasteiger partial charge in [-0.15, -0.1) is 0 Å².